The Morgan fingerprint density at radius 2 is 1.79 bits per heavy atom. The molecule has 2 aromatic carbocycles. The zero-order chi connectivity index (χ0) is 17.6. The normalized spacial score (nSPS) is 11.4. The predicted octanol–water partition coefficient (Wildman–Crippen LogP) is 6.28. The summed E-state index contributed by atoms with van der Waals surface area (Å²) in [7, 11) is 0. The lowest BCUT2D eigenvalue weighted by molar-refractivity contribution is 0.0716. The number of hydrogen-bond acceptors (Lipinski definition) is 1. The molecular formula is C20H21Cl2FO. The molecule has 0 N–H and O–H groups in total. The van der Waals surface area contributed by atoms with Crippen LogP contribution in [-0.4, -0.2) is 6.61 Å². The molecule has 0 saturated heterocycles. The van der Waals surface area contributed by atoms with Gasteiger partial charge in [0.25, 0.3) is 0 Å². The SMILES string of the molecule is CC(C)(C=C(Cl)Cl)COCc1ccc(F)c(Cc2ccccc2)c1. The van der Waals surface area contributed by atoms with Crippen molar-refractivity contribution in [2.45, 2.75) is 26.9 Å². The van der Waals surface area contributed by atoms with Crippen LogP contribution in [0.1, 0.15) is 30.5 Å². The first-order valence-corrected chi connectivity index (χ1v) is 8.54. The smallest absolute Gasteiger partial charge is 0.126 e. The maximum atomic E-state index is 14.0. The van der Waals surface area contributed by atoms with Crippen molar-refractivity contribution in [3.05, 3.63) is 81.6 Å². The molecule has 0 aromatic heterocycles. The zero-order valence-corrected chi connectivity index (χ0v) is 15.4. The van der Waals surface area contributed by atoms with Gasteiger partial charge in [0.2, 0.25) is 0 Å². The molecule has 0 bridgehead atoms. The predicted molar refractivity (Wildman–Crippen MR) is 98.9 cm³/mol. The van der Waals surface area contributed by atoms with Crippen molar-refractivity contribution in [2.75, 3.05) is 6.61 Å². The molecule has 0 atom stereocenters. The summed E-state index contributed by atoms with van der Waals surface area (Å²) in [5, 5.41) is 0. The Morgan fingerprint density at radius 1 is 1.08 bits per heavy atom. The van der Waals surface area contributed by atoms with Crippen molar-refractivity contribution < 1.29 is 9.13 Å². The average Bonchev–Trinajstić information content (AvgIpc) is 2.50. The van der Waals surface area contributed by atoms with E-state index in [0.29, 0.717) is 25.2 Å². The molecule has 4 heteroatoms. The first-order chi connectivity index (χ1) is 11.4. The van der Waals surface area contributed by atoms with E-state index in [0.717, 1.165) is 11.1 Å². The van der Waals surface area contributed by atoms with E-state index in [9.17, 15) is 4.39 Å². The summed E-state index contributed by atoms with van der Waals surface area (Å²) in [6.45, 7) is 4.87. The highest BCUT2D eigenvalue weighted by Crippen LogP contribution is 2.24. The van der Waals surface area contributed by atoms with Crippen LogP contribution in [0, 0.1) is 11.2 Å². The Morgan fingerprint density at radius 3 is 2.46 bits per heavy atom. The number of halogens is 3. The molecule has 0 spiro atoms. The minimum atomic E-state index is -0.258. The van der Waals surface area contributed by atoms with Gasteiger partial charge < -0.3 is 4.74 Å². The van der Waals surface area contributed by atoms with Gasteiger partial charge in [-0.1, -0.05) is 79.5 Å². The first kappa shape index (κ1) is 19.0. The summed E-state index contributed by atoms with van der Waals surface area (Å²) >= 11 is 11.4. The molecule has 24 heavy (non-hydrogen) atoms. The van der Waals surface area contributed by atoms with Crippen molar-refractivity contribution in [3.63, 3.8) is 0 Å². The maximum Gasteiger partial charge on any atom is 0.126 e. The summed E-state index contributed by atoms with van der Waals surface area (Å²) in [4.78, 5) is 0. The lowest BCUT2D eigenvalue weighted by Gasteiger charge is -2.20. The molecule has 2 rings (SSSR count). The van der Waals surface area contributed by atoms with E-state index in [2.05, 4.69) is 0 Å². The van der Waals surface area contributed by atoms with Crippen molar-refractivity contribution in [3.8, 4) is 0 Å². The molecule has 0 fully saturated rings. The third kappa shape index (κ3) is 6.27. The van der Waals surface area contributed by atoms with E-state index < -0.39 is 0 Å². The van der Waals surface area contributed by atoms with Gasteiger partial charge in [0.15, 0.2) is 0 Å². The Labute approximate surface area is 153 Å². The third-order valence-electron chi connectivity index (χ3n) is 3.59. The summed E-state index contributed by atoms with van der Waals surface area (Å²) in [5.41, 5.74) is 2.44. The van der Waals surface area contributed by atoms with Crippen molar-refractivity contribution in [1.82, 2.24) is 0 Å². The van der Waals surface area contributed by atoms with E-state index in [1.165, 1.54) is 6.07 Å². The number of hydrogen-bond donors (Lipinski definition) is 0. The van der Waals surface area contributed by atoms with Gasteiger partial charge in [-0.15, -0.1) is 0 Å². The molecule has 0 amide bonds. The van der Waals surface area contributed by atoms with E-state index in [1.807, 2.05) is 50.2 Å². The van der Waals surface area contributed by atoms with Crippen LogP contribution in [0.5, 0.6) is 0 Å². The Bertz CT molecular complexity index is 692. The largest absolute Gasteiger partial charge is 0.376 e. The van der Waals surface area contributed by atoms with Gasteiger partial charge in [-0.25, -0.2) is 4.39 Å². The van der Waals surface area contributed by atoms with E-state index >= 15 is 0 Å². The maximum absolute atomic E-state index is 14.0. The van der Waals surface area contributed by atoms with Crippen molar-refractivity contribution in [2.24, 2.45) is 5.41 Å². The van der Waals surface area contributed by atoms with Crippen LogP contribution < -0.4 is 0 Å². The average molecular weight is 367 g/mol. The van der Waals surface area contributed by atoms with Gasteiger partial charge in [0.05, 0.1) is 13.2 Å². The fraction of sp³-hybridized carbons (Fsp3) is 0.300. The van der Waals surface area contributed by atoms with E-state index in [4.69, 9.17) is 27.9 Å². The molecule has 0 aliphatic heterocycles. The van der Waals surface area contributed by atoms with Gasteiger partial charge >= 0.3 is 0 Å². The molecule has 128 valence electrons. The van der Waals surface area contributed by atoms with Crippen molar-refractivity contribution >= 4 is 23.2 Å². The fourth-order valence-electron chi connectivity index (χ4n) is 2.44. The van der Waals surface area contributed by atoms with Crippen LogP contribution in [0.25, 0.3) is 0 Å². The molecule has 0 aliphatic carbocycles. The topological polar surface area (TPSA) is 9.23 Å². The highest BCUT2D eigenvalue weighted by Gasteiger charge is 2.16. The Balaban J connectivity index is 1.99. The minimum absolute atomic E-state index is 0.195. The molecule has 0 heterocycles. The molecule has 2 aromatic rings. The minimum Gasteiger partial charge on any atom is -0.376 e. The summed E-state index contributed by atoms with van der Waals surface area (Å²) < 4.78 is 20.0. The molecule has 0 unspecified atom stereocenters. The molecule has 0 radical (unpaired) electrons. The second-order valence-electron chi connectivity index (χ2n) is 6.50. The second-order valence-corrected chi connectivity index (χ2v) is 7.51. The Kier molecular flexibility index (Phi) is 6.85. The summed E-state index contributed by atoms with van der Waals surface area (Å²) in [6.07, 6.45) is 2.32. The quantitative estimate of drug-likeness (QED) is 0.560. The molecule has 0 saturated carbocycles. The van der Waals surface area contributed by atoms with Gasteiger partial charge in [-0.2, -0.15) is 0 Å². The number of rotatable bonds is 7. The second kappa shape index (κ2) is 8.66. The highest BCUT2D eigenvalue weighted by molar-refractivity contribution is 6.55. The standard InChI is InChI=1S/C20H21Cl2FO/c1-20(2,12-19(21)22)14-24-13-16-8-9-18(23)17(11-16)10-15-6-4-3-5-7-15/h3-9,11-12H,10,13-14H2,1-2H3. The van der Waals surface area contributed by atoms with Gasteiger partial charge in [-0.05, 0) is 28.8 Å². The van der Waals surface area contributed by atoms with Gasteiger partial charge in [0, 0.05) is 11.8 Å². The lowest BCUT2D eigenvalue weighted by atomic mass is 9.95. The van der Waals surface area contributed by atoms with Crippen LogP contribution in [0.15, 0.2) is 59.1 Å². The molecule has 0 aliphatic rings. The van der Waals surface area contributed by atoms with Crippen molar-refractivity contribution in [1.29, 1.82) is 0 Å². The fourth-order valence-corrected chi connectivity index (χ4v) is 3.03. The molecular weight excluding hydrogens is 346 g/mol. The van der Waals surface area contributed by atoms with Crippen LogP contribution in [0.3, 0.4) is 0 Å². The highest BCUT2D eigenvalue weighted by atomic mass is 35.5. The monoisotopic (exact) mass is 366 g/mol. The van der Waals surface area contributed by atoms with Crippen LogP contribution >= 0.6 is 23.2 Å². The van der Waals surface area contributed by atoms with Crippen LogP contribution in [0.2, 0.25) is 0 Å². The Hall–Kier alpha value is -1.35. The third-order valence-corrected chi connectivity index (χ3v) is 3.81. The van der Waals surface area contributed by atoms with Crippen LogP contribution in [-0.2, 0) is 17.8 Å². The number of ether oxygens (including phenoxy) is 1. The van der Waals surface area contributed by atoms with E-state index in [1.54, 1.807) is 12.1 Å². The lowest BCUT2D eigenvalue weighted by Crippen LogP contribution is -2.16. The van der Waals surface area contributed by atoms with Gasteiger partial charge in [0.1, 0.15) is 10.3 Å². The zero-order valence-electron chi connectivity index (χ0n) is 13.9. The first-order valence-electron chi connectivity index (χ1n) is 7.78. The van der Waals surface area contributed by atoms with Crippen LogP contribution in [0.4, 0.5) is 4.39 Å². The van der Waals surface area contributed by atoms with E-state index in [-0.39, 0.29) is 15.7 Å². The summed E-state index contributed by atoms with van der Waals surface area (Å²) in [5.74, 6) is -0.195. The molecule has 1 nitrogen and oxygen atoms in total. The van der Waals surface area contributed by atoms with Gasteiger partial charge in [-0.3, -0.25) is 0 Å². The number of benzene rings is 2. The summed E-state index contributed by atoms with van der Waals surface area (Å²) in [6, 6.07) is 15.0.